The van der Waals surface area contributed by atoms with Crippen molar-refractivity contribution in [2.75, 3.05) is 25.2 Å². The Morgan fingerprint density at radius 3 is 2.53 bits per heavy atom. The molecule has 1 aliphatic carbocycles. The predicted molar refractivity (Wildman–Crippen MR) is 142 cm³/mol. The molecule has 2 aromatic heterocycles. The van der Waals surface area contributed by atoms with Crippen LogP contribution in [0.4, 0.5) is 9.52 Å². The number of aliphatic carboxylic acids is 1. The number of rotatable bonds is 10. The van der Waals surface area contributed by atoms with Gasteiger partial charge >= 0.3 is 5.97 Å². The van der Waals surface area contributed by atoms with Crippen molar-refractivity contribution in [2.45, 2.75) is 44.6 Å². The molecule has 1 saturated carbocycles. The first-order valence-corrected chi connectivity index (χ1v) is 13.6. The van der Waals surface area contributed by atoms with E-state index < -0.39 is 17.0 Å². The molecule has 5 rings (SSSR count). The third kappa shape index (κ3) is 5.86. The highest BCUT2D eigenvalue weighted by atomic mass is 32.1. The first-order valence-electron chi connectivity index (χ1n) is 12.8. The number of carboxylic acid groups (broad SMARTS) is 1. The second-order valence-electron chi connectivity index (χ2n) is 9.78. The van der Waals surface area contributed by atoms with E-state index in [1.54, 1.807) is 30.3 Å². The molecule has 1 N–H and O–H groups in total. The summed E-state index contributed by atoms with van der Waals surface area (Å²) in [5.74, 6) is -1.28. The van der Waals surface area contributed by atoms with Gasteiger partial charge in [-0.3, -0.25) is 14.5 Å². The number of halogens is 1. The van der Waals surface area contributed by atoms with Crippen molar-refractivity contribution < 1.29 is 28.6 Å². The fraction of sp³-hybridized carbons (Fsp3) is 0.429. The summed E-state index contributed by atoms with van der Waals surface area (Å²) < 4.78 is 26.1. The van der Waals surface area contributed by atoms with Crippen LogP contribution in [0.2, 0.25) is 0 Å². The number of methoxy groups -OCH3 is 1. The quantitative estimate of drug-likeness (QED) is 0.367. The number of thiazole rings is 1. The van der Waals surface area contributed by atoms with E-state index >= 15 is 4.39 Å². The minimum absolute atomic E-state index is 0.0899. The van der Waals surface area contributed by atoms with E-state index in [0.29, 0.717) is 31.1 Å². The van der Waals surface area contributed by atoms with Crippen LogP contribution in [-0.2, 0) is 14.3 Å². The summed E-state index contributed by atoms with van der Waals surface area (Å²) in [6.07, 6.45) is 5.06. The third-order valence-electron chi connectivity index (χ3n) is 7.10. The van der Waals surface area contributed by atoms with E-state index in [-0.39, 0.29) is 35.1 Å². The Labute approximate surface area is 224 Å². The Hall–Kier alpha value is -3.37. The summed E-state index contributed by atoms with van der Waals surface area (Å²) in [6.45, 7) is 1.24. The molecule has 1 atom stereocenters. The largest absolute Gasteiger partial charge is 0.481 e. The van der Waals surface area contributed by atoms with E-state index in [9.17, 15) is 14.7 Å². The number of hydrogen-bond acceptors (Lipinski definition) is 7. The molecule has 2 aliphatic rings. The Morgan fingerprint density at radius 1 is 1.16 bits per heavy atom. The second kappa shape index (κ2) is 11.6. The first kappa shape index (κ1) is 26.2. The van der Waals surface area contributed by atoms with Crippen LogP contribution in [0.1, 0.15) is 38.5 Å². The first-order chi connectivity index (χ1) is 18.4. The lowest BCUT2D eigenvalue weighted by Gasteiger charge is -2.29. The van der Waals surface area contributed by atoms with Crippen LogP contribution in [0.5, 0.6) is 5.88 Å². The predicted octanol–water partition coefficient (Wildman–Crippen LogP) is 5.42. The lowest BCUT2D eigenvalue weighted by molar-refractivity contribution is -0.141. The number of pyridine rings is 1. The Balaban J connectivity index is 1.46. The zero-order valence-corrected chi connectivity index (χ0v) is 22.0. The highest BCUT2D eigenvalue weighted by Gasteiger charge is 2.40. The van der Waals surface area contributed by atoms with E-state index in [1.807, 2.05) is 24.3 Å². The summed E-state index contributed by atoms with van der Waals surface area (Å²) in [6, 6.07) is 10.8. The number of anilines is 1. The van der Waals surface area contributed by atoms with Gasteiger partial charge < -0.3 is 14.6 Å². The van der Waals surface area contributed by atoms with Crippen LogP contribution >= 0.6 is 11.3 Å². The number of carbonyl (C=O) groups is 2. The summed E-state index contributed by atoms with van der Waals surface area (Å²) in [7, 11) is 1.54. The van der Waals surface area contributed by atoms with Gasteiger partial charge in [-0.2, -0.15) is 4.39 Å². The van der Waals surface area contributed by atoms with E-state index in [1.165, 1.54) is 0 Å². The maximum absolute atomic E-state index is 15.5. The Morgan fingerprint density at radius 2 is 1.89 bits per heavy atom. The van der Waals surface area contributed by atoms with Gasteiger partial charge in [0, 0.05) is 48.6 Å². The molecule has 200 valence electrons. The Kier molecular flexibility index (Phi) is 7.99. The fourth-order valence-electron chi connectivity index (χ4n) is 4.99. The number of ether oxygens (including phenoxy) is 2. The SMILES string of the molecule is COc1ccc(-c2ccccc2-c2nc(N(C(=O)C(CC(=O)O)CC3CCOCC3)C3CC3)sc2F)cn1. The van der Waals surface area contributed by atoms with E-state index in [4.69, 9.17) is 9.47 Å². The van der Waals surface area contributed by atoms with Gasteiger partial charge in [0.25, 0.3) is 0 Å². The van der Waals surface area contributed by atoms with Crippen LogP contribution in [0.3, 0.4) is 0 Å². The highest BCUT2D eigenvalue weighted by molar-refractivity contribution is 7.14. The number of nitrogens with zero attached hydrogens (tertiary/aromatic N) is 3. The van der Waals surface area contributed by atoms with Gasteiger partial charge in [0.1, 0.15) is 5.69 Å². The van der Waals surface area contributed by atoms with Crippen LogP contribution in [-0.4, -0.2) is 53.3 Å². The smallest absolute Gasteiger partial charge is 0.304 e. The molecule has 3 aromatic rings. The average molecular weight is 540 g/mol. The normalized spacial score (nSPS) is 16.7. The summed E-state index contributed by atoms with van der Waals surface area (Å²) >= 11 is 0.831. The minimum atomic E-state index is -1.01. The lowest BCUT2D eigenvalue weighted by Crippen LogP contribution is -2.40. The lowest BCUT2D eigenvalue weighted by atomic mass is 9.86. The average Bonchev–Trinajstić information content (AvgIpc) is 3.69. The molecule has 1 saturated heterocycles. The molecule has 1 aliphatic heterocycles. The molecule has 1 aromatic carbocycles. The van der Waals surface area contributed by atoms with Crippen LogP contribution in [0.25, 0.3) is 22.4 Å². The molecule has 0 spiro atoms. The number of hydrogen-bond donors (Lipinski definition) is 1. The molecule has 1 amide bonds. The summed E-state index contributed by atoms with van der Waals surface area (Å²) in [5, 5.41) is 9.34. The number of aromatic nitrogens is 2. The zero-order chi connectivity index (χ0) is 26.6. The number of benzene rings is 1. The van der Waals surface area contributed by atoms with Gasteiger partial charge in [0.05, 0.1) is 13.5 Å². The molecule has 2 fully saturated rings. The maximum Gasteiger partial charge on any atom is 0.304 e. The molecule has 8 nitrogen and oxygen atoms in total. The van der Waals surface area contributed by atoms with Crippen LogP contribution in [0.15, 0.2) is 42.6 Å². The van der Waals surface area contributed by atoms with Gasteiger partial charge in [-0.1, -0.05) is 35.6 Å². The fourth-order valence-corrected chi connectivity index (χ4v) is 5.88. The van der Waals surface area contributed by atoms with Crippen LogP contribution < -0.4 is 9.64 Å². The van der Waals surface area contributed by atoms with Crippen molar-refractivity contribution >= 4 is 28.3 Å². The monoisotopic (exact) mass is 539 g/mol. The Bertz CT molecular complexity index is 1290. The highest BCUT2D eigenvalue weighted by Crippen LogP contribution is 2.41. The molecule has 1 unspecified atom stereocenters. The standard InChI is InChI=1S/C28H30FN3O5S/c1-36-23-9-6-18(16-30-23)21-4-2-3-5-22(21)25-26(29)38-28(31-25)32(20-7-8-20)27(35)19(15-24(33)34)14-17-10-12-37-13-11-17/h2-6,9,16-17,19-20H,7-8,10-15H2,1H3,(H,33,34). The molecule has 0 radical (unpaired) electrons. The van der Waals surface area contributed by atoms with Gasteiger partial charge in [-0.25, -0.2) is 9.97 Å². The molecular formula is C28H30FN3O5S. The van der Waals surface area contributed by atoms with Gasteiger partial charge in [0.15, 0.2) is 5.13 Å². The molecule has 38 heavy (non-hydrogen) atoms. The van der Waals surface area contributed by atoms with Crippen molar-refractivity contribution in [3.63, 3.8) is 0 Å². The van der Waals surface area contributed by atoms with Gasteiger partial charge in [-0.15, -0.1) is 0 Å². The molecule has 0 bridgehead atoms. The van der Waals surface area contributed by atoms with Crippen molar-refractivity contribution in [3.8, 4) is 28.3 Å². The second-order valence-corrected chi connectivity index (χ2v) is 10.7. The maximum atomic E-state index is 15.5. The van der Waals surface area contributed by atoms with Crippen LogP contribution in [0, 0.1) is 17.0 Å². The number of carbonyl (C=O) groups excluding carboxylic acids is 1. The molecule has 10 heteroatoms. The van der Waals surface area contributed by atoms with Crippen molar-refractivity contribution in [1.29, 1.82) is 0 Å². The zero-order valence-electron chi connectivity index (χ0n) is 21.1. The number of amides is 1. The molecule has 3 heterocycles. The van der Waals surface area contributed by atoms with Crippen molar-refractivity contribution in [1.82, 2.24) is 9.97 Å². The third-order valence-corrected chi connectivity index (χ3v) is 7.94. The van der Waals surface area contributed by atoms with E-state index in [0.717, 1.165) is 48.1 Å². The summed E-state index contributed by atoms with van der Waals surface area (Å²) in [4.78, 5) is 35.9. The van der Waals surface area contributed by atoms with Gasteiger partial charge in [-0.05, 0) is 49.7 Å². The van der Waals surface area contributed by atoms with Crippen molar-refractivity contribution in [3.05, 3.63) is 47.7 Å². The van der Waals surface area contributed by atoms with Crippen molar-refractivity contribution in [2.24, 2.45) is 11.8 Å². The number of carboxylic acids is 1. The van der Waals surface area contributed by atoms with E-state index in [2.05, 4.69) is 9.97 Å². The minimum Gasteiger partial charge on any atom is -0.481 e. The molecular weight excluding hydrogens is 509 g/mol. The summed E-state index contributed by atoms with van der Waals surface area (Å²) in [5.41, 5.74) is 2.29. The topological polar surface area (TPSA) is 102 Å². The van der Waals surface area contributed by atoms with Gasteiger partial charge in [0.2, 0.25) is 16.9 Å².